The maximum Gasteiger partial charge on any atom is 0.193 e. The number of nitrogens with one attached hydrogen (secondary N) is 1. The van der Waals surface area contributed by atoms with E-state index in [9.17, 15) is 4.39 Å². The molecule has 0 aliphatic carbocycles. The van der Waals surface area contributed by atoms with Crippen LogP contribution in [0.5, 0.6) is 0 Å². The zero-order valence-electron chi connectivity index (χ0n) is 18.2. The summed E-state index contributed by atoms with van der Waals surface area (Å²) in [6, 6.07) is 6.93. The fourth-order valence-corrected chi connectivity index (χ4v) is 4.62. The largest absolute Gasteiger partial charge is 0.381 e. The Labute approximate surface area is 182 Å². The van der Waals surface area contributed by atoms with Crippen molar-refractivity contribution in [2.24, 2.45) is 4.99 Å². The van der Waals surface area contributed by atoms with Gasteiger partial charge in [-0.05, 0) is 37.5 Å². The zero-order valence-corrected chi connectivity index (χ0v) is 19.0. The fourth-order valence-electron chi connectivity index (χ4n) is 3.78. The predicted molar refractivity (Wildman–Crippen MR) is 118 cm³/mol. The van der Waals surface area contributed by atoms with Gasteiger partial charge in [-0.2, -0.15) is 0 Å². The molecular formula is C22H31FN4O2S. The van der Waals surface area contributed by atoms with Gasteiger partial charge in [0.25, 0.3) is 0 Å². The second-order valence-corrected chi connectivity index (χ2v) is 8.60. The molecule has 2 heterocycles. The number of aliphatic imine (C=N–C) groups is 1. The molecule has 1 atom stereocenters. The molecule has 1 N–H and O–H groups in total. The van der Waals surface area contributed by atoms with E-state index in [1.54, 1.807) is 37.6 Å². The summed E-state index contributed by atoms with van der Waals surface area (Å²) >= 11 is 1.61. The van der Waals surface area contributed by atoms with E-state index in [4.69, 9.17) is 9.47 Å². The number of halogens is 1. The van der Waals surface area contributed by atoms with Crippen LogP contribution in [0.15, 0.2) is 34.6 Å². The number of nitrogens with zero attached hydrogens (tertiary/aromatic N) is 3. The van der Waals surface area contributed by atoms with Crippen LogP contribution in [0, 0.1) is 5.82 Å². The molecule has 0 saturated carbocycles. The van der Waals surface area contributed by atoms with Crippen molar-refractivity contribution in [1.29, 1.82) is 0 Å². The van der Waals surface area contributed by atoms with E-state index in [0.29, 0.717) is 26.3 Å². The summed E-state index contributed by atoms with van der Waals surface area (Å²) in [6.07, 6.45) is 1.68. The van der Waals surface area contributed by atoms with Gasteiger partial charge in [0.2, 0.25) is 0 Å². The van der Waals surface area contributed by atoms with E-state index in [2.05, 4.69) is 25.6 Å². The molecule has 164 valence electrons. The third-order valence-corrected chi connectivity index (χ3v) is 6.77. The van der Waals surface area contributed by atoms with Crippen LogP contribution in [-0.2, 0) is 21.4 Å². The number of aromatic nitrogens is 1. The molecule has 2 aromatic rings. The minimum absolute atomic E-state index is 0.00820. The Bertz CT molecular complexity index is 851. The third kappa shape index (κ3) is 5.36. The van der Waals surface area contributed by atoms with Crippen LogP contribution >= 0.6 is 11.3 Å². The highest BCUT2D eigenvalue weighted by molar-refractivity contribution is 7.09. The minimum Gasteiger partial charge on any atom is -0.381 e. The lowest BCUT2D eigenvalue weighted by molar-refractivity contribution is 0.0511. The van der Waals surface area contributed by atoms with E-state index in [0.717, 1.165) is 35.1 Å². The first-order chi connectivity index (χ1) is 14.5. The minimum atomic E-state index is -0.204. The van der Waals surface area contributed by atoms with Crippen LogP contribution in [0.3, 0.4) is 0 Å². The van der Waals surface area contributed by atoms with Gasteiger partial charge in [-0.3, -0.25) is 4.99 Å². The molecule has 1 aromatic carbocycles. The summed E-state index contributed by atoms with van der Waals surface area (Å²) in [5.41, 5.74) is 1.81. The number of ether oxygens (including phenoxy) is 2. The van der Waals surface area contributed by atoms with Crippen molar-refractivity contribution in [2.45, 2.75) is 37.8 Å². The molecule has 0 spiro atoms. The highest BCUT2D eigenvalue weighted by Gasteiger charge is 2.35. The van der Waals surface area contributed by atoms with E-state index >= 15 is 0 Å². The van der Waals surface area contributed by atoms with Crippen molar-refractivity contribution < 1.29 is 13.9 Å². The summed E-state index contributed by atoms with van der Waals surface area (Å²) in [6.45, 7) is 4.65. The summed E-state index contributed by atoms with van der Waals surface area (Å²) in [5.74, 6) is 0.580. The molecule has 0 amide bonds. The first-order valence-electron chi connectivity index (χ1n) is 10.2. The Morgan fingerprint density at radius 1 is 1.43 bits per heavy atom. The summed E-state index contributed by atoms with van der Waals surface area (Å²) < 4.78 is 24.9. The van der Waals surface area contributed by atoms with Crippen LogP contribution in [0.1, 0.15) is 42.1 Å². The monoisotopic (exact) mass is 434 g/mol. The summed E-state index contributed by atoms with van der Waals surface area (Å²) in [5, 5.41) is 6.53. The third-order valence-electron chi connectivity index (χ3n) is 5.72. The molecule has 0 radical (unpaired) electrons. The Morgan fingerprint density at radius 2 is 2.20 bits per heavy atom. The number of hydrogen-bond donors (Lipinski definition) is 1. The first-order valence-corrected chi connectivity index (χ1v) is 11.1. The highest BCUT2D eigenvalue weighted by Crippen LogP contribution is 2.34. The molecule has 0 bridgehead atoms. The Kier molecular flexibility index (Phi) is 7.80. The zero-order chi connectivity index (χ0) is 21.6. The molecule has 8 heteroatoms. The smallest absolute Gasteiger partial charge is 0.193 e. The maximum atomic E-state index is 13.9. The normalized spacial score (nSPS) is 17.6. The molecule has 1 aliphatic heterocycles. The number of thiazole rings is 1. The Morgan fingerprint density at radius 3 is 2.87 bits per heavy atom. The summed E-state index contributed by atoms with van der Waals surface area (Å²) in [7, 11) is 5.46. The highest BCUT2D eigenvalue weighted by atomic mass is 32.1. The number of hydrogen-bond acceptors (Lipinski definition) is 5. The number of guanidine groups is 1. The van der Waals surface area contributed by atoms with Gasteiger partial charge in [0.15, 0.2) is 5.96 Å². The van der Waals surface area contributed by atoms with Crippen molar-refractivity contribution >= 4 is 17.3 Å². The second-order valence-electron chi connectivity index (χ2n) is 7.71. The molecule has 1 aliphatic rings. The van der Waals surface area contributed by atoms with Crippen molar-refractivity contribution in [3.63, 3.8) is 0 Å². The van der Waals surface area contributed by atoms with Crippen LogP contribution in [0.4, 0.5) is 4.39 Å². The topological polar surface area (TPSA) is 59.0 Å². The Balaban J connectivity index is 1.68. The lowest BCUT2D eigenvalue weighted by Crippen LogP contribution is -2.48. The van der Waals surface area contributed by atoms with E-state index in [1.165, 1.54) is 6.07 Å². The molecule has 30 heavy (non-hydrogen) atoms. The van der Waals surface area contributed by atoms with Gasteiger partial charge in [-0.15, -0.1) is 11.3 Å². The maximum absolute atomic E-state index is 13.9. The lowest BCUT2D eigenvalue weighted by atomic mass is 9.74. The molecule has 1 saturated heterocycles. The van der Waals surface area contributed by atoms with Gasteiger partial charge in [0, 0.05) is 51.8 Å². The molecule has 1 fully saturated rings. The van der Waals surface area contributed by atoms with Crippen LogP contribution in [0.2, 0.25) is 0 Å². The molecule has 1 unspecified atom stereocenters. The van der Waals surface area contributed by atoms with Gasteiger partial charge < -0.3 is 19.7 Å². The fraction of sp³-hybridized carbons (Fsp3) is 0.545. The Hall–Kier alpha value is -2.03. The van der Waals surface area contributed by atoms with Crippen LogP contribution < -0.4 is 5.32 Å². The van der Waals surface area contributed by atoms with E-state index < -0.39 is 0 Å². The SMILES string of the molecule is CN=C(NCC1(c2cccc(F)c2)CCOCC1)N(C)Cc1csc(C(C)OC)n1. The van der Waals surface area contributed by atoms with Crippen molar-refractivity contribution in [3.05, 3.63) is 51.7 Å². The molecule has 3 rings (SSSR count). The predicted octanol–water partition coefficient (Wildman–Crippen LogP) is 3.75. The van der Waals surface area contributed by atoms with Crippen molar-refractivity contribution in [2.75, 3.05) is 41.0 Å². The van der Waals surface area contributed by atoms with Gasteiger partial charge in [0.1, 0.15) is 16.9 Å². The standard InChI is InChI=1S/C22H31FN4O2S/c1-16(28-4)20-26-19(14-30-20)13-27(3)21(24-2)25-15-22(8-10-29-11-9-22)17-6-5-7-18(23)12-17/h5-7,12,14,16H,8-11,13,15H2,1-4H3,(H,24,25). The van der Waals surface area contributed by atoms with Crippen molar-refractivity contribution in [3.8, 4) is 0 Å². The van der Waals surface area contributed by atoms with Gasteiger partial charge in [-0.25, -0.2) is 9.37 Å². The lowest BCUT2D eigenvalue weighted by Gasteiger charge is -2.39. The average Bonchev–Trinajstić information content (AvgIpc) is 3.22. The van der Waals surface area contributed by atoms with Crippen LogP contribution in [-0.4, -0.2) is 56.8 Å². The van der Waals surface area contributed by atoms with Crippen molar-refractivity contribution in [1.82, 2.24) is 15.2 Å². The molecular weight excluding hydrogens is 403 g/mol. The van der Waals surface area contributed by atoms with Gasteiger partial charge >= 0.3 is 0 Å². The van der Waals surface area contributed by atoms with Crippen LogP contribution in [0.25, 0.3) is 0 Å². The first kappa shape index (κ1) is 22.7. The number of methoxy groups -OCH3 is 1. The number of rotatable bonds is 7. The molecule has 1 aromatic heterocycles. The van der Waals surface area contributed by atoms with Gasteiger partial charge in [0.05, 0.1) is 12.2 Å². The average molecular weight is 435 g/mol. The quantitative estimate of drug-likeness (QED) is 0.531. The summed E-state index contributed by atoms with van der Waals surface area (Å²) in [4.78, 5) is 11.2. The second kappa shape index (κ2) is 10.3. The van der Waals surface area contributed by atoms with E-state index in [1.807, 2.05) is 20.0 Å². The van der Waals surface area contributed by atoms with E-state index in [-0.39, 0.29) is 17.3 Å². The molecule has 6 nitrogen and oxygen atoms in total. The van der Waals surface area contributed by atoms with Gasteiger partial charge in [-0.1, -0.05) is 12.1 Å². The number of benzene rings is 1.